The first-order valence-electron chi connectivity index (χ1n) is 19.0. The molecule has 0 saturated carbocycles. The lowest BCUT2D eigenvalue weighted by Crippen LogP contribution is -2.09. The van der Waals surface area contributed by atoms with Gasteiger partial charge in [0.2, 0.25) is 0 Å². The van der Waals surface area contributed by atoms with Gasteiger partial charge in [0.15, 0.2) is 0 Å². The van der Waals surface area contributed by atoms with Gasteiger partial charge >= 0.3 is 0 Å². The van der Waals surface area contributed by atoms with Crippen molar-refractivity contribution in [1.82, 2.24) is 9.13 Å². The zero-order chi connectivity index (χ0) is 36.0. The summed E-state index contributed by atoms with van der Waals surface area (Å²) in [4.78, 5) is 2.33. The Bertz CT molecular complexity index is 3360. The van der Waals surface area contributed by atoms with Crippen LogP contribution in [0.4, 0.5) is 17.1 Å². The Balaban J connectivity index is 1.25. The van der Waals surface area contributed by atoms with Crippen LogP contribution in [0.15, 0.2) is 200 Å². The lowest BCUT2D eigenvalue weighted by molar-refractivity contribution is 1.17. The zero-order valence-electron chi connectivity index (χ0n) is 29.9. The zero-order valence-corrected chi connectivity index (χ0v) is 29.9. The van der Waals surface area contributed by atoms with Crippen LogP contribution in [0, 0.1) is 0 Å². The van der Waals surface area contributed by atoms with E-state index in [1.54, 1.807) is 0 Å². The fourth-order valence-corrected chi connectivity index (χ4v) is 9.38. The second-order valence-corrected chi connectivity index (χ2v) is 14.5. The summed E-state index contributed by atoms with van der Waals surface area (Å²) < 4.78 is 4.99. The lowest BCUT2D eigenvalue weighted by atomic mass is 9.93. The van der Waals surface area contributed by atoms with Gasteiger partial charge in [0, 0.05) is 55.4 Å². The molecule has 0 aliphatic carbocycles. The topological polar surface area (TPSA) is 13.1 Å². The van der Waals surface area contributed by atoms with E-state index in [0.29, 0.717) is 0 Å². The number of hydrogen-bond donors (Lipinski definition) is 0. The maximum absolute atomic E-state index is 2.53. The SMILES string of the molecule is c1ccc(N(c2ccccc2)c2ccc(-n3c4ccc5c6c7c(cccc7n5-c5ccccc5)c5ccccc5c5cc7ccccc7c3c5c64)cc2)cc1. The second kappa shape index (κ2) is 11.6. The highest BCUT2D eigenvalue weighted by Gasteiger charge is 2.25. The van der Waals surface area contributed by atoms with E-state index in [9.17, 15) is 0 Å². The molecule has 55 heavy (non-hydrogen) atoms. The van der Waals surface area contributed by atoms with Gasteiger partial charge in [-0.3, -0.25) is 0 Å². The molecule has 2 heterocycles. The van der Waals surface area contributed by atoms with Gasteiger partial charge in [-0.2, -0.15) is 0 Å². The number of para-hydroxylation sites is 3. The van der Waals surface area contributed by atoms with Gasteiger partial charge in [0.05, 0.1) is 22.1 Å². The van der Waals surface area contributed by atoms with Crippen molar-refractivity contribution in [3.05, 3.63) is 200 Å². The molecule has 3 nitrogen and oxygen atoms in total. The third kappa shape index (κ3) is 4.26. The van der Waals surface area contributed by atoms with E-state index in [4.69, 9.17) is 0 Å². The number of anilines is 3. The summed E-state index contributed by atoms with van der Waals surface area (Å²) in [6, 6.07) is 73.1. The summed E-state index contributed by atoms with van der Waals surface area (Å²) in [7, 11) is 0. The monoisotopic (exact) mass is 699 g/mol. The minimum atomic E-state index is 1.11. The van der Waals surface area contributed by atoms with Crippen molar-refractivity contribution in [2.24, 2.45) is 0 Å². The van der Waals surface area contributed by atoms with Crippen LogP contribution in [0.2, 0.25) is 0 Å². The van der Waals surface area contributed by atoms with Crippen molar-refractivity contribution in [2.75, 3.05) is 4.90 Å². The number of hydrogen-bond acceptors (Lipinski definition) is 1. The van der Waals surface area contributed by atoms with Gasteiger partial charge in [0.1, 0.15) is 0 Å². The molecule has 0 amide bonds. The summed E-state index contributed by atoms with van der Waals surface area (Å²) >= 11 is 0. The van der Waals surface area contributed by atoms with Gasteiger partial charge < -0.3 is 14.0 Å². The molecule has 0 radical (unpaired) electrons. The lowest BCUT2D eigenvalue weighted by Gasteiger charge is -2.25. The second-order valence-electron chi connectivity index (χ2n) is 14.5. The first-order valence-corrected chi connectivity index (χ1v) is 19.0. The van der Waals surface area contributed by atoms with Gasteiger partial charge in [-0.1, -0.05) is 115 Å². The predicted molar refractivity (Wildman–Crippen MR) is 234 cm³/mol. The molecule has 0 atom stereocenters. The van der Waals surface area contributed by atoms with Crippen molar-refractivity contribution in [3.8, 4) is 11.4 Å². The summed E-state index contributed by atoms with van der Waals surface area (Å²) in [5.41, 5.74) is 10.5. The Morgan fingerprint density at radius 3 is 1.47 bits per heavy atom. The van der Waals surface area contributed by atoms with Crippen molar-refractivity contribution in [1.29, 1.82) is 0 Å². The standard InChI is InChI=1S/C52H33N3/c1-4-16-35(17-5-1)53(36-18-6-2-7-19-36)38-27-29-39(30-28-38)55-47-32-31-46-50-48-43(25-14-26-45(48)54(46)37-20-8-3-9-21-37)41-23-12-13-24-42(41)44-33-34-15-10-11-22-40(34)52(55)49(44)51(47)50/h1-33H. The number of benzene rings is 9. The van der Waals surface area contributed by atoms with E-state index < -0.39 is 0 Å². The molecular weight excluding hydrogens is 667 g/mol. The first kappa shape index (κ1) is 30.1. The van der Waals surface area contributed by atoms with E-state index in [-0.39, 0.29) is 0 Å². The molecule has 2 aromatic heterocycles. The highest BCUT2D eigenvalue weighted by atomic mass is 15.1. The fourth-order valence-electron chi connectivity index (χ4n) is 9.38. The smallest absolute Gasteiger partial charge is 0.0625 e. The van der Waals surface area contributed by atoms with Crippen LogP contribution in [0.1, 0.15) is 0 Å². The minimum absolute atomic E-state index is 1.11. The molecule has 10 aromatic carbocycles. The molecule has 12 rings (SSSR count). The summed E-state index contributed by atoms with van der Waals surface area (Å²) in [5.74, 6) is 0. The first-order chi connectivity index (χ1) is 27.3. The largest absolute Gasteiger partial charge is 0.311 e. The van der Waals surface area contributed by atoms with Crippen LogP contribution in [0.25, 0.3) is 87.3 Å². The number of rotatable bonds is 5. The Kier molecular flexibility index (Phi) is 6.34. The van der Waals surface area contributed by atoms with Gasteiger partial charge in [0.25, 0.3) is 0 Å². The van der Waals surface area contributed by atoms with Crippen LogP contribution in [-0.2, 0) is 0 Å². The molecular formula is C52H33N3. The number of aromatic nitrogens is 2. The fraction of sp³-hybridized carbons (Fsp3) is 0. The Morgan fingerprint density at radius 2 is 0.782 bits per heavy atom. The molecule has 3 heteroatoms. The van der Waals surface area contributed by atoms with E-state index in [1.165, 1.54) is 75.9 Å². The van der Waals surface area contributed by atoms with Crippen LogP contribution < -0.4 is 4.90 Å². The average Bonchev–Trinajstić information content (AvgIpc) is 3.78. The number of nitrogens with zero attached hydrogens (tertiary/aromatic N) is 3. The van der Waals surface area contributed by atoms with E-state index in [0.717, 1.165) is 28.4 Å². The third-order valence-electron chi connectivity index (χ3n) is 11.6. The molecule has 0 unspecified atom stereocenters. The van der Waals surface area contributed by atoms with E-state index in [1.807, 2.05) is 0 Å². The van der Waals surface area contributed by atoms with E-state index in [2.05, 4.69) is 214 Å². The molecule has 0 saturated heterocycles. The molecule has 0 spiro atoms. The van der Waals surface area contributed by atoms with Crippen molar-refractivity contribution in [2.45, 2.75) is 0 Å². The van der Waals surface area contributed by atoms with Crippen LogP contribution in [-0.4, -0.2) is 9.13 Å². The predicted octanol–water partition coefficient (Wildman–Crippen LogP) is 14.2. The molecule has 256 valence electrons. The third-order valence-corrected chi connectivity index (χ3v) is 11.6. The van der Waals surface area contributed by atoms with Crippen LogP contribution in [0.3, 0.4) is 0 Å². The molecule has 0 aliphatic rings. The van der Waals surface area contributed by atoms with Gasteiger partial charge in [-0.05, 0) is 112 Å². The Morgan fingerprint density at radius 1 is 0.291 bits per heavy atom. The Labute approximate surface area is 317 Å². The molecule has 0 N–H and O–H groups in total. The molecule has 0 bridgehead atoms. The van der Waals surface area contributed by atoms with Gasteiger partial charge in [-0.25, -0.2) is 0 Å². The van der Waals surface area contributed by atoms with Gasteiger partial charge in [-0.15, -0.1) is 0 Å². The summed E-state index contributed by atoms with van der Waals surface area (Å²) in [6.07, 6.45) is 0. The quantitative estimate of drug-likeness (QED) is 0.174. The summed E-state index contributed by atoms with van der Waals surface area (Å²) in [6.45, 7) is 0. The van der Waals surface area contributed by atoms with Crippen LogP contribution >= 0.6 is 0 Å². The average molecular weight is 700 g/mol. The highest BCUT2D eigenvalue weighted by molar-refractivity contribution is 6.41. The van der Waals surface area contributed by atoms with Crippen LogP contribution in [0.5, 0.6) is 0 Å². The normalized spacial score (nSPS) is 12.0. The molecule has 0 aliphatic heterocycles. The van der Waals surface area contributed by atoms with E-state index >= 15 is 0 Å². The minimum Gasteiger partial charge on any atom is -0.311 e. The number of fused-ring (bicyclic) bond motifs is 5. The maximum atomic E-state index is 2.53. The highest BCUT2D eigenvalue weighted by Crippen LogP contribution is 2.49. The molecule has 12 aromatic rings. The van der Waals surface area contributed by atoms with Crippen molar-refractivity contribution < 1.29 is 0 Å². The molecule has 0 fully saturated rings. The van der Waals surface area contributed by atoms with Crippen molar-refractivity contribution >= 4 is 93.0 Å². The van der Waals surface area contributed by atoms with Crippen molar-refractivity contribution in [3.63, 3.8) is 0 Å². The Hall–Kier alpha value is -7.36. The summed E-state index contributed by atoms with van der Waals surface area (Å²) in [5, 5.41) is 12.7. The maximum Gasteiger partial charge on any atom is 0.0625 e.